The molecule has 0 heterocycles. The van der Waals surface area contributed by atoms with Gasteiger partial charge in [-0.2, -0.15) is 0 Å². The SMILES string of the molecule is CC(C)C(=O)N[C@@H]1C[C@H]1NC[C@H](O)COc1ccccc1. The predicted octanol–water partition coefficient (Wildman–Crippen LogP) is 0.929. The van der Waals surface area contributed by atoms with Crippen LogP contribution in [-0.2, 0) is 4.79 Å². The van der Waals surface area contributed by atoms with Gasteiger partial charge in [0.15, 0.2) is 0 Å². The molecule has 1 aromatic rings. The number of nitrogens with one attached hydrogen (secondary N) is 2. The number of carbonyl (C=O) groups excluding carboxylic acids is 1. The molecule has 0 bridgehead atoms. The molecule has 1 fully saturated rings. The van der Waals surface area contributed by atoms with Crippen molar-refractivity contribution in [1.29, 1.82) is 0 Å². The molecule has 0 aliphatic heterocycles. The van der Waals surface area contributed by atoms with E-state index < -0.39 is 6.10 Å². The highest BCUT2D eigenvalue weighted by atomic mass is 16.5. The van der Waals surface area contributed by atoms with Gasteiger partial charge in [-0.15, -0.1) is 0 Å². The molecule has 1 amide bonds. The summed E-state index contributed by atoms with van der Waals surface area (Å²) in [5, 5.41) is 16.1. The Morgan fingerprint density at radius 3 is 2.71 bits per heavy atom. The summed E-state index contributed by atoms with van der Waals surface area (Å²) < 4.78 is 5.48. The molecule has 21 heavy (non-hydrogen) atoms. The van der Waals surface area contributed by atoms with Gasteiger partial charge >= 0.3 is 0 Å². The van der Waals surface area contributed by atoms with Gasteiger partial charge in [0.05, 0.1) is 0 Å². The summed E-state index contributed by atoms with van der Waals surface area (Å²) in [6.07, 6.45) is 0.359. The van der Waals surface area contributed by atoms with Crippen molar-refractivity contribution in [1.82, 2.24) is 10.6 Å². The molecule has 116 valence electrons. The maximum absolute atomic E-state index is 11.5. The van der Waals surface area contributed by atoms with Crippen LogP contribution in [0.2, 0.25) is 0 Å². The van der Waals surface area contributed by atoms with E-state index in [0.29, 0.717) is 6.54 Å². The highest BCUT2D eigenvalue weighted by molar-refractivity contribution is 5.78. The monoisotopic (exact) mass is 292 g/mol. The molecule has 5 nitrogen and oxygen atoms in total. The summed E-state index contributed by atoms with van der Waals surface area (Å²) in [7, 11) is 0. The Kier molecular flexibility index (Phi) is 5.59. The average Bonchev–Trinajstić information content (AvgIpc) is 3.22. The highest BCUT2D eigenvalue weighted by Crippen LogP contribution is 2.21. The van der Waals surface area contributed by atoms with Crippen molar-refractivity contribution in [2.45, 2.75) is 38.5 Å². The Morgan fingerprint density at radius 1 is 1.33 bits per heavy atom. The molecule has 0 radical (unpaired) electrons. The normalized spacial score (nSPS) is 21.9. The molecular formula is C16H24N2O3. The number of ether oxygens (including phenoxy) is 1. The molecule has 3 atom stereocenters. The number of aliphatic hydroxyl groups is 1. The summed E-state index contributed by atoms with van der Waals surface area (Å²) in [6, 6.07) is 9.89. The summed E-state index contributed by atoms with van der Waals surface area (Å²) in [5.74, 6) is 0.846. The standard InChI is InChI=1S/C16H24N2O3/c1-11(2)16(20)18-15-8-14(15)17-9-12(19)10-21-13-6-4-3-5-7-13/h3-7,11-12,14-15,17,19H,8-10H2,1-2H3,(H,18,20)/t12-,14+,15+/m0/s1. The van der Waals surface area contributed by atoms with E-state index in [1.165, 1.54) is 0 Å². The largest absolute Gasteiger partial charge is 0.491 e. The quantitative estimate of drug-likeness (QED) is 0.666. The van der Waals surface area contributed by atoms with Gasteiger partial charge < -0.3 is 20.5 Å². The van der Waals surface area contributed by atoms with Crippen LogP contribution in [0.15, 0.2) is 30.3 Å². The zero-order valence-corrected chi connectivity index (χ0v) is 12.6. The number of hydrogen-bond donors (Lipinski definition) is 3. The van der Waals surface area contributed by atoms with E-state index in [1.807, 2.05) is 44.2 Å². The topological polar surface area (TPSA) is 70.6 Å². The molecule has 3 N–H and O–H groups in total. The second-order valence-electron chi connectivity index (χ2n) is 5.80. The fraction of sp³-hybridized carbons (Fsp3) is 0.562. The van der Waals surface area contributed by atoms with Gasteiger partial charge in [-0.3, -0.25) is 4.79 Å². The first kappa shape index (κ1) is 15.8. The van der Waals surface area contributed by atoms with E-state index in [4.69, 9.17) is 4.74 Å². The first-order valence-corrected chi connectivity index (χ1v) is 7.46. The number of rotatable bonds is 8. The van der Waals surface area contributed by atoms with Crippen LogP contribution in [0.3, 0.4) is 0 Å². The van der Waals surface area contributed by atoms with Crippen molar-refractivity contribution >= 4 is 5.91 Å². The van der Waals surface area contributed by atoms with Crippen LogP contribution in [0.5, 0.6) is 5.75 Å². The fourth-order valence-corrected chi connectivity index (χ4v) is 1.98. The highest BCUT2D eigenvalue weighted by Gasteiger charge is 2.38. The lowest BCUT2D eigenvalue weighted by atomic mass is 10.2. The van der Waals surface area contributed by atoms with Gasteiger partial charge in [0.1, 0.15) is 18.5 Å². The zero-order chi connectivity index (χ0) is 15.2. The fourth-order valence-electron chi connectivity index (χ4n) is 1.98. The van der Waals surface area contributed by atoms with Gasteiger partial charge in [0.25, 0.3) is 0 Å². The number of carbonyl (C=O) groups is 1. The van der Waals surface area contributed by atoms with Crippen LogP contribution in [-0.4, -0.2) is 42.4 Å². The van der Waals surface area contributed by atoms with Gasteiger partial charge in [-0.1, -0.05) is 32.0 Å². The molecule has 0 unspecified atom stereocenters. The van der Waals surface area contributed by atoms with Crippen LogP contribution in [0.25, 0.3) is 0 Å². The smallest absolute Gasteiger partial charge is 0.222 e. The summed E-state index contributed by atoms with van der Waals surface area (Å²) in [4.78, 5) is 11.5. The zero-order valence-electron chi connectivity index (χ0n) is 12.6. The minimum absolute atomic E-state index is 0.0103. The number of hydrogen-bond acceptors (Lipinski definition) is 4. The van der Waals surface area contributed by atoms with E-state index in [0.717, 1.165) is 12.2 Å². The third-order valence-electron chi connectivity index (χ3n) is 3.44. The van der Waals surface area contributed by atoms with Crippen LogP contribution >= 0.6 is 0 Å². The van der Waals surface area contributed by atoms with Crippen LogP contribution in [0, 0.1) is 5.92 Å². The Morgan fingerprint density at radius 2 is 2.05 bits per heavy atom. The van der Waals surface area contributed by atoms with E-state index >= 15 is 0 Å². The van der Waals surface area contributed by atoms with Crippen molar-refractivity contribution in [3.05, 3.63) is 30.3 Å². The molecule has 1 aromatic carbocycles. The molecule has 0 aromatic heterocycles. The Hall–Kier alpha value is -1.59. The van der Waals surface area contributed by atoms with Gasteiger partial charge in [0.2, 0.25) is 5.91 Å². The van der Waals surface area contributed by atoms with Crippen LogP contribution in [0.4, 0.5) is 0 Å². The molecule has 0 saturated heterocycles. The molecule has 1 saturated carbocycles. The van der Waals surface area contributed by atoms with Gasteiger partial charge in [-0.25, -0.2) is 0 Å². The van der Waals surface area contributed by atoms with E-state index in [1.54, 1.807) is 0 Å². The third kappa shape index (κ3) is 5.36. The van der Waals surface area contributed by atoms with Crippen molar-refractivity contribution in [3.63, 3.8) is 0 Å². The van der Waals surface area contributed by atoms with E-state index in [9.17, 15) is 9.90 Å². The molecule has 2 rings (SSSR count). The maximum Gasteiger partial charge on any atom is 0.222 e. The van der Waals surface area contributed by atoms with Crippen LogP contribution < -0.4 is 15.4 Å². The third-order valence-corrected chi connectivity index (χ3v) is 3.44. The first-order valence-electron chi connectivity index (χ1n) is 7.46. The molecular weight excluding hydrogens is 268 g/mol. The number of amides is 1. The van der Waals surface area contributed by atoms with E-state index in [2.05, 4.69) is 10.6 Å². The van der Waals surface area contributed by atoms with Crippen molar-refractivity contribution in [3.8, 4) is 5.75 Å². The van der Waals surface area contributed by atoms with Gasteiger partial charge in [0, 0.05) is 24.5 Å². The average molecular weight is 292 g/mol. The second kappa shape index (κ2) is 7.43. The Labute approximate surface area is 125 Å². The van der Waals surface area contributed by atoms with Gasteiger partial charge in [-0.05, 0) is 18.6 Å². The predicted molar refractivity (Wildman–Crippen MR) is 81.1 cm³/mol. The molecule has 0 spiro atoms. The minimum atomic E-state index is -0.563. The lowest BCUT2D eigenvalue weighted by Gasteiger charge is -2.13. The lowest BCUT2D eigenvalue weighted by Crippen LogP contribution is -2.38. The van der Waals surface area contributed by atoms with Crippen molar-refractivity contribution in [2.24, 2.45) is 5.92 Å². The summed E-state index contributed by atoms with van der Waals surface area (Å²) in [5.41, 5.74) is 0. The van der Waals surface area contributed by atoms with Crippen LogP contribution in [0.1, 0.15) is 20.3 Å². The molecule has 1 aliphatic rings. The number of benzene rings is 1. The first-order chi connectivity index (χ1) is 10.1. The van der Waals surface area contributed by atoms with Crippen molar-refractivity contribution in [2.75, 3.05) is 13.2 Å². The molecule has 1 aliphatic carbocycles. The summed E-state index contributed by atoms with van der Waals surface area (Å²) >= 11 is 0. The second-order valence-corrected chi connectivity index (χ2v) is 5.80. The number of para-hydroxylation sites is 1. The maximum atomic E-state index is 11.5. The summed E-state index contributed by atoms with van der Waals surface area (Å²) in [6.45, 7) is 4.48. The lowest BCUT2D eigenvalue weighted by molar-refractivity contribution is -0.124. The molecule has 5 heteroatoms. The van der Waals surface area contributed by atoms with E-state index in [-0.39, 0.29) is 30.5 Å². The number of aliphatic hydroxyl groups excluding tert-OH is 1. The minimum Gasteiger partial charge on any atom is -0.491 e. The Bertz CT molecular complexity index is 450. The van der Waals surface area contributed by atoms with Crippen molar-refractivity contribution < 1.29 is 14.6 Å². The Balaban J connectivity index is 1.58.